The van der Waals surface area contributed by atoms with Gasteiger partial charge in [-0.1, -0.05) is 35.5 Å². The number of nitrogens with zero attached hydrogens (tertiary/aromatic N) is 3. The van der Waals surface area contributed by atoms with E-state index in [4.69, 9.17) is 4.74 Å². The number of aromatic nitrogens is 3. The SMILES string of the molecule is O=C(NCC(F)(F)F)c1ccc(-n2cc(C(=O)NC3CC3)nn2)c(OCCCc2ccccc2)c1. The molecule has 1 aliphatic rings. The largest absolute Gasteiger partial charge is 0.491 e. The summed E-state index contributed by atoms with van der Waals surface area (Å²) in [4.78, 5) is 24.5. The highest BCUT2D eigenvalue weighted by molar-refractivity contribution is 5.95. The second kappa shape index (κ2) is 10.6. The summed E-state index contributed by atoms with van der Waals surface area (Å²) in [5, 5.41) is 12.6. The van der Waals surface area contributed by atoms with Crippen LogP contribution in [-0.4, -0.2) is 52.2 Å². The van der Waals surface area contributed by atoms with Crippen molar-refractivity contribution < 1.29 is 27.5 Å². The molecule has 0 aliphatic heterocycles. The Morgan fingerprint density at radius 3 is 2.57 bits per heavy atom. The van der Waals surface area contributed by atoms with Gasteiger partial charge in [-0.05, 0) is 49.4 Å². The molecule has 2 aromatic carbocycles. The van der Waals surface area contributed by atoms with Crippen molar-refractivity contribution in [2.75, 3.05) is 13.2 Å². The lowest BCUT2D eigenvalue weighted by molar-refractivity contribution is -0.123. The van der Waals surface area contributed by atoms with Crippen LogP contribution in [0.1, 0.15) is 45.7 Å². The number of amides is 2. The van der Waals surface area contributed by atoms with E-state index in [0.29, 0.717) is 18.7 Å². The fourth-order valence-corrected chi connectivity index (χ4v) is 3.32. The van der Waals surface area contributed by atoms with Crippen molar-refractivity contribution in [1.29, 1.82) is 0 Å². The van der Waals surface area contributed by atoms with Crippen LogP contribution in [0.15, 0.2) is 54.7 Å². The van der Waals surface area contributed by atoms with Crippen LogP contribution in [0, 0.1) is 0 Å². The van der Waals surface area contributed by atoms with Gasteiger partial charge >= 0.3 is 6.18 Å². The molecule has 11 heteroatoms. The van der Waals surface area contributed by atoms with Gasteiger partial charge in [-0.15, -0.1) is 5.10 Å². The van der Waals surface area contributed by atoms with Crippen LogP contribution in [0.25, 0.3) is 5.69 Å². The molecule has 8 nitrogen and oxygen atoms in total. The van der Waals surface area contributed by atoms with Crippen LogP contribution < -0.4 is 15.4 Å². The van der Waals surface area contributed by atoms with E-state index in [1.165, 1.54) is 29.1 Å². The molecule has 2 N–H and O–H groups in total. The molecule has 1 saturated carbocycles. The predicted octanol–water partition coefficient (Wildman–Crippen LogP) is 3.46. The first-order valence-electron chi connectivity index (χ1n) is 11.2. The van der Waals surface area contributed by atoms with Crippen LogP contribution in [0.3, 0.4) is 0 Å². The van der Waals surface area contributed by atoms with E-state index in [1.807, 2.05) is 35.6 Å². The zero-order chi connectivity index (χ0) is 24.8. The molecule has 1 fully saturated rings. The first kappa shape index (κ1) is 24.2. The highest BCUT2D eigenvalue weighted by Crippen LogP contribution is 2.25. The third-order valence-electron chi connectivity index (χ3n) is 5.27. The Morgan fingerprint density at radius 1 is 1.09 bits per heavy atom. The third kappa shape index (κ3) is 7.05. The van der Waals surface area contributed by atoms with Crippen molar-refractivity contribution in [3.8, 4) is 11.4 Å². The molecule has 184 valence electrons. The van der Waals surface area contributed by atoms with Gasteiger partial charge in [0.25, 0.3) is 11.8 Å². The first-order chi connectivity index (χ1) is 16.8. The van der Waals surface area contributed by atoms with Gasteiger partial charge in [0.2, 0.25) is 0 Å². The monoisotopic (exact) mass is 487 g/mol. The molecule has 0 bridgehead atoms. The fraction of sp³-hybridized carbons (Fsp3) is 0.333. The van der Waals surface area contributed by atoms with E-state index in [9.17, 15) is 22.8 Å². The van der Waals surface area contributed by atoms with E-state index in [-0.39, 0.29) is 29.0 Å². The Bertz CT molecular complexity index is 1180. The van der Waals surface area contributed by atoms with E-state index < -0.39 is 18.6 Å². The van der Waals surface area contributed by atoms with Crippen LogP contribution in [0.4, 0.5) is 13.2 Å². The maximum atomic E-state index is 12.5. The lowest BCUT2D eigenvalue weighted by Crippen LogP contribution is -2.33. The number of carbonyl (C=O) groups excluding carboxylic acids is 2. The first-order valence-corrected chi connectivity index (χ1v) is 11.2. The van der Waals surface area contributed by atoms with E-state index >= 15 is 0 Å². The van der Waals surface area contributed by atoms with Crippen molar-refractivity contribution in [2.24, 2.45) is 0 Å². The number of nitrogens with one attached hydrogen (secondary N) is 2. The zero-order valence-electron chi connectivity index (χ0n) is 18.7. The Kier molecular flexibility index (Phi) is 7.33. The number of ether oxygens (including phenoxy) is 1. The van der Waals surface area contributed by atoms with Crippen LogP contribution in [0.5, 0.6) is 5.75 Å². The lowest BCUT2D eigenvalue weighted by atomic mass is 10.1. The summed E-state index contributed by atoms with van der Waals surface area (Å²) in [6.07, 6.45) is 0.201. The number of alkyl halides is 3. The summed E-state index contributed by atoms with van der Waals surface area (Å²) in [6, 6.07) is 14.2. The molecule has 1 aliphatic carbocycles. The molecule has 35 heavy (non-hydrogen) atoms. The number of halogens is 3. The minimum absolute atomic E-state index is 0.00266. The highest BCUT2D eigenvalue weighted by Gasteiger charge is 2.28. The molecule has 0 radical (unpaired) electrons. The summed E-state index contributed by atoms with van der Waals surface area (Å²) in [7, 11) is 0. The quantitative estimate of drug-likeness (QED) is 0.427. The van der Waals surface area contributed by atoms with Gasteiger partial charge in [-0.3, -0.25) is 9.59 Å². The number of rotatable bonds is 10. The van der Waals surface area contributed by atoms with E-state index in [0.717, 1.165) is 24.8 Å². The molecule has 2 amide bonds. The molecule has 3 aromatic rings. The molecular weight excluding hydrogens is 463 g/mol. The highest BCUT2D eigenvalue weighted by atomic mass is 19.4. The fourth-order valence-electron chi connectivity index (χ4n) is 3.32. The van der Waals surface area contributed by atoms with Crippen molar-refractivity contribution in [2.45, 2.75) is 37.9 Å². The molecule has 0 spiro atoms. The normalized spacial score (nSPS) is 13.3. The van der Waals surface area contributed by atoms with Gasteiger partial charge in [-0.25, -0.2) is 4.68 Å². The number of hydrogen-bond donors (Lipinski definition) is 2. The second-order valence-corrected chi connectivity index (χ2v) is 8.21. The third-order valence-corrected chi connectivity index (χ3v) is 5.27. The maximum Gasteiger partial charge on any atom is 0.405 e. The van der Waals surface area contributed by atoms with Crippen LogP contribution in [0.2, 0.25) is 0 Å². The minimum Gasteiger partial charge on any atom is -0.491 e. The lowest BCUT2D eigenvalue weighted by Gasteiger charge is -2.14. The summed E-state index contributed by atoms with van der Waals surface area (Å²) in [6.45, 7) is -1.15. The van der Waals surface area contributed by atoms with Gasteiger partial charge in [0.15, 0.2) is 5.69 Å². The topological polar surface area (TPSA) is 98.1 Å². The summed E-state index contributed by atoms with van der Waals surface area (Å²) < 4.78 is 44.7. The van der Waals surface area contributed by atoms with Crippen LogP contribution in [-0.2, 0) is 6.42 Å². The standard InChI is InChI=1S/C24H24F3N5O3/c25-24(26,27)15-28-22(33)17-8-11-20(32-14-19(30-31-32)23(34)29-18-9-10-18)21(13-17)35-12-4-7-16-5-2-1-3-6-16/h1-3,5-6,8,11,13-14,18H,4,7,9-10,12,15H2,(H,28,33)(H,29,34). The molecule has 0 atom stereocenters. The predicted molar refractivity (Wildman–Crippen MR) is 120 cm³/mol. The second-order valence-electron chi connectivity index (χ2n) is 8.21. The molecule has 1 aromatic heterocycles. The average Bonchev–Trinajstić information content (AvgIpc) is 3.51. The van der Waals surface area contributed by atoms with E-state index in [1.54, 1.807) is 0 Å². The minimum atomic E-state index is -4.52. The zero-order valence-corrected chi connectivity index (χ0v) is 18.7. The molecule has 0 unspecified atom stereocenters. The molecular formula is C24H24F3N5O3. The van der Waals surface area contributed by atoms with Gasteiger partial charge in [0, 0.05) is 11.6 Å². The number of aryl methyl sites for hydroxylation is 1. The Balaban J connectivity index is 1.50. The van der Waals surface area contributed by atoms with Crippen molar-refractivity contribution in [3.05, 3.63) is 71.5 Å². The Morgan fingerprint density at radius 2 is 1.86 bits per heavy atom. The number of hydrogen-bond acceptors (Lipinski definition) is 5. The van der Waals surface area contributed by atoms with Crippen molar-refractivity contribution in [3.63, 3.8) is 0 Å². The van der Waals surface area contributed by atoms with Crippen molar-refractivity contribution >= 4 is 11.8 Å². The average molecular weight is 487 g/mol. The summed E-state index contributed by atoms with van der Waals surface area (Å²) in [5.41, 5.74) is 1.66. The summed E-state index contributed by atoms with van der Waals surface area (Å²) in [5.74, 6) is -0.991. The molecule has 1 heterocycles. The number of carbonyl (C=O) groups is 2. The van der Waals surface area contributed by atoms with E-state index in [2.05, 4.69) is 15.6 Å². The van der Waals surface area contributed by atoms with Gasteiger partial charge in [0.05, 0.1) is 12.8 Å². The Labute approximate surface area is 199 Å². The maximum absolute atomic E-state index is 12.5. The molecule has 0 saturated heterocycles. The molecule has 4 rings (SSSR count). The number of benzene rings is 2. The van der Waals surface area contributed by atoms with Gasteiger partial charge in [-0.2, -0.15) is 13.2 Å². The summed E-state index contributed by atoms with van der Waals surface area (Å²) >= 11 is 0. The Hall–Kier alpha value is -3.89. The van der Waals surface area contributed by atoms with Crippen molar-refractivity contribution in [1.82, 2.24) is 25.6 Å². The van der Waals surface area contributed by atoms with Crippen LogP contribution >= 0.6 is 0 Å². The van der Waals surface area contributed by atoms with Gasteiger partial charge in [0.1, 0.15) is 18.0 Å². The smallest absolute Gasteiger partial charge is 0.405 e. The van der Waals surface area contributed by atoms with Gasteiger partial charge < -0.3 is 15.4 Å².